The summed E-state index contributed by atoms with van der Waals surface area (Å²) in [6, 6.07) is 17.5. The molecule has 2 aromatic rings. The highest BCUT2D eigenvalue weighted by atomic mass is 16.5. The smallest absolute Gasteiger partial charge is 0.237 e. The van der Waals surface area contributed by atoms with E-state index < -0.39 is 6.04 Å². The van der Waals surface area contributed by atoms with E-state index in [2.05, 4.69) is 10.6 Å². The Bertz CT molecular complexity index is 899. The molecular weight excluding hydrogens is 444 g/mol. The summed E-state index contributed by atoms with van der Waals surface area (Å²) < 4.78 is 5.40. The van der Waals surface area contributed by atoms with E-state index in [1.165, 1.54) is 5.56 Å². The van der Waals surface area contributed by atoms with E-state index in [4.69, 9.17) is 21.6 Å². The van der Waals surface area contributed by atoms with Gasteiger partial charge in [0.2, 0.25) is 12.3 Å². The van der Waals surface area contributed by atoms with Gasteiger partial charge in [0.1, 0.15) is 5.75 Å². The number of guanidine groups is 1. The van der Waals surface area contributed by atoms with Crippen LogP contribution in [0.4, 0.5) is 0 Å². The standard InChI is InChI=1S/C19H24N2O2.C7H14N4O/c1-2-23-17-10-8-16(9-11-17)14-18(20)19(22)21-13-12-15-6-4-3-5-7-15;8-7(9)11-3-1-6(2-4-11)10-5-12/h3-11,18H,2,12-14,20H2,1H3,(H,21,22);5-6H,1-4H2,(H3,8,9)(H,10,12)/t18-;/m1./s1. The molecule has 0 aromatic heterocycles. The zero-order chi connectivity index (χ0) is 25.5. The molecule has 7 N–H and O–H groups in total. The van der Waals surface area contributed by atoms with E-state index in [1.54, 1.807) is 0 Å². The van der Waals surface area contributed by atoms with Gasteiger partial charge in [-0.05, 0) is 55.9 Å². The van der Waals surface area contributed by atoms with Crippen molar-refractivity contribution in [2.75, 3.05) is 26.2 Å². The first kappa shape index (κ1) is 27.7. The number of amides is 2. The molecule has 190 valence electrons. The second-order valence-electron chi connectivity index (χ2n) is 8.35. The summed E-state index contributed by atoms with van der Waals surface area (Å²) in [6.07, 6.45) is 3.80. The molecule has 1 fully saturated rings. The van der Waals surface area contributed by atoms with E-state index in [0.29, 0.717) is 19.6 Å². The Labute approximate surface area is 207 Å². The lowest BCUT2D eigenvalue weighted by Gasteiger charge is -2.31. The lowest BCUT2D eigenvalue weighted by atomic mass is 10.1. The fourth-order valence-corrected chi connectivity index (χ4v) is 3.72. The number of likely N-dealkylation sites (tertiary alicyclic amines) is 1. The molecule has 2 amide bonds. The van der Waals surface area contributed by atoms with Crippen LogP contribution in [0.3, 0.4) is 0 Å². The number of piperidine rings is 1. The zero-order valence-corrected chi connectivity index (χ0v) is 20.4. The van der Waals surface area contributed by atoms with Crippen molar-refractivity contribution in [1.29, 1.82) is 5.41 Å². The number of hydrogen-bond acceptors (Lipinski definition) is 5. The van der Waals surface area contributed by atoms with Crippen LogP contribution in [0.25, 0.3) is 0 Å². The van der Waals surface area contributed by atoms with Crippen LogP contribution < -0.4 is 26.8 Å². The number of nitrogens with one attached hydrogen (secondary N) is 3. The van der Waals surface area contributed by atoms with Crippen LogP contribution in [0.2, 0.25) is 0 Å². The Hall–Kier alpha value is -3.59. The molecule has 1 atom stereocenters. The summed E-state index contributed by atoms with van der Waals surface area (Å²) in [5.41, 5.74) is 13.5. The van der Waals surface area contributed by atoms with Gasteiger partial charge in [0.25, 0.3) is 0 Å². The summed E-state index contributed by atoms with van der Waals surface area (Å²) in [7, 11) is 0. The first-order chi connectivity index (χ1) is 16.9. The SMILES string of the molecule is CCOc1ccc(C[C@@H](N)C(=O)NCCc2ccccc2)cc1.N=C(N)N1CCC(NC=O)CC1. The lowest BCUT2D eigenvalue weighted by Crippen LogP contribution is -2.46. The van der Waals surface area contributed by atoms with Crippen molar-refractivity contribution in [2.24, 2.45) is 11.5 Å². The minimum atomic E-state index is -0.538. The molecule has 1 saturated heterocycles. The van der Waals surface area contributed by atoms with Gasteiger partial charge < -0.3 is 31.7 Å². The first-order valence-electron chi connectivity index (χ1n) is 12.0. The van der Waals surface area contributed by atoms with Crippen molar-refractivity contribution < 1.29 is 14.3 Å². The van der Waals surface area contributed by atoms with Crippen molar-refractivity contribution in [1.82, 2.24) is 15.5 Å². The number of rotatable bonds is 10. The topological polar surface area (TPSA) is 147 Å². The van der Waals surface area contributed by atoms with E-state index in [1.807, 2.05) is 66.4 Å². The molecule has 0 unspecified atom stereocenters. The molecule has 1 aliphatic heterocycles. The second-order valence-corrected chi connectivity index (χ2v) is 8.35. The summed E-state index contributed by atoms with van der Waals surface area (Å²) >= 11 is 0. The quantitative estimate of drug-likeness (QED) is 0.197. The highest BCUT2D eigenvalue weighted by Gasteiger charge is 2.18. The van der Waals surface area contributed by atoms with E-state index >= 15 is 0 Å². The maximum Gasteiger partial charge on any atom is 0.237 e. The van der Waals surface area contributed by atoms with Crippen molar-refractivity contribution in [3.05, 3.63) is 65.7 Å². The molecule has 1 heterocycles. The van der Waals surface area contributed by atoms with Gasteiger partial charge in [0.15, 0.2) is 5.96 Å². The monoisotopic (exact) mass is 482 g/mol. The maximum atomic E-state index is 12.0. The minimum absolute atomic E-state index is 0.116. The third-order valence-electron chi connectivity index (χ3n) is 5.72. The Kier molecular flexibility index (Phi) is 12.1. The Morgan fingerprint density at radius 1 is 1.14 bits per heavy atom. The minimum Gasteiger partial charge on any atom is -0.494 e. The van der Waals surface area contributed by atoms with Gasteiger partial charge in [-0.25, -0.2) is 0 Å². The number of ether oxygens (including phenoxy) is 1. The summed E-state index contributed by atoms with van der Waals surface area (Å²) in [4.78, 5) is 24.0. The molecular formula is C26H38N6O3. The van der Waals surface area contributed by atoms with Gasteiger partial charge in [-0.15, -0.1) is 0 Å². The van der Waals surface area contributed by atoms with Crippen molar-refractivity contribution in [3.63, 3.8) is 0 Å². The molecule has 0 saturated carbocycles. The van der Waals surface area contributed by atoms with Crippen LogP contribution >= 0.6 is 0 Å². The summed E-state index contributed by atoms with van der Waals surface area (Å²) in [5, 5.41) is 12.8. The fraction of sp³-hybridized carbons (Fsp3) is 0.423. The molecule has 0 aliphatic carbocycles. The van der Waals surface area contributed by atoms with Gasteiger partial charge >= 0.3 is 0 Å². The Morgan fingerprint density at radius 3 is 2.37 bits per heavy atom. The number of nitrogens with zero attached hydrogens (tertiary/aromatic N) is 1. The van der Waals surface area contributed by atoms with Crippen molar-refractivity contribution in [3.8, 4) is 5.75 Å². The molecule has 9 nitrogen and oxygen atoms in total. The number of carbonyl (C=O) groups excluding carboxylic acids is 2. The molecule has 0 radical (unpaired) electrons. The number of hydrogen-bond donors (Lipinski definition) is 5. The van der Waals surface area contributed by atoms with Gasteiger partial charge in [0, 0.05) is 25.7 Å². The second kappa shape index (κ2) is 15.3. The number of nitrogens with two attached hydrogens (primary N) is 2. The zero-order valence-electron chi connectivity index (χ0n) is 20.4. The average molecular weight is 483 g/mol. The van der Waals surface area contributed by atoms with Crippen LogP contribution in [0.1, 0.15) is 30.9 Å². The van der Waals surface area contributed by atoms with Crippen LogP contribution in [-0.4, -0.2) is 61.5 Å². The van der Waals surface area contributed by atoms with Gasteiger partial charge in [-0.2, -0.15) is 0 Å². The lowest BCUT2D eigenvalue weighted by molar-refractivity contribution is -0.122. The summed E-state index contributed by atoms with van der Waals surface area (Å²) in [6.45, 7) is 4.72. The molecule has 2 aromatic carbocycles. The highest BCUT2D eigenvalue weighted by Crippen LogP contribution is 2.13. The van der Waals surface area contributed by atoms with Crippen molar-refractivity contribution >= 4 is 18.3 Å². The first-order valence-corrected chi connectivity index (χ1v) is 12.0. The van der Waals surface area contributed by atoms with Crippen LogP contribution in [-0.2, 0) is 22.4 Å². The maximum absolute atomic E-state index is 12.0. The molecule has 35 heavy (non-hydrogen) atoms. The normalized spacial score (nSPS) is 14.2. The van der Waals surface area contributed by atoms with Crippen LogP contribution in [0.15, 0.2) is 54.6 Å². The third-order valence-corrected chi connectivity index (χ3v) is 5.72. The van der Waals surface area contributed by atoms with Crippen LogP contribution in [0, 0.1) is 5.41 Å². The average Bonchev–Trinajstić information content (AvgIpc) is 2.87. The summed E-state index contributed by atoms with van der Waals surface area (Å²) in [5.74, 6) is 0.839. The van der Waals surface area contributed by atoms with Gasteiger partial charge in [-0.3, -0.25) is 15.0 Å². The van der Waals surface area contributed by atoms with E-state index in [-0.39, 0.29) is 17.9 Å². The molecule has 3 rings (SSSR count). The predicted molar refractivity (Wildman–Crippen MR) is 138 cm³/mol. The largest absolute Gasteiger partial charge is 0.494 e. The molecule has 9 heteroatoms. The molecule has 0 spiro atoms. The number of carbonyl (C=O) groups is 2. The number of benzene rings is 2. The van der Waals surface area contributed by atoms with E-state index in [9.17, 15) is 9.59 Å². The molecule has 1 aliphatic rings. The van der Waals surface area contributed by atoms with E-state index in [0.717, 1.165) is 50.1 Å². The fourth-order valence-electron chi connectivity index (χ4n) is 3.72. The van der Waals surface area contributed by atoms with Gasteiger partial charge in [-0.1, -0.05) is 42.5 Å². The third kappa shape index (κ3) is 10.5. The predicted octanol–water partition coefficient (Wildman–Crippen LogP) is 1.40. The molecule has 0 bridgehead atoms. The highest BCUT2D eigenvalue weighted by molar-refractivity contribution is 5.81. The Morgan fingerprint density at radius 2 is 1.80 bits per heavy atom. The van der Waals surface area contributed by atoms with Crippen molar-refractivity contribution in [2.45, 2.75) is 44.7 Å². The van der Waals surface area contributed by atoms with Crippen LogP contribution in [0.5, 0.6) is 5.75 Å². The Balaban J connectivity index is 0.000000303. The van der Waals surface area contributed by atoms with Gasteiger partial charge in [0.05, 0.1) is 12.6 Å².